The molecule has 0 aliphatic carbocycles. The summed E-state index contributed by atoms with van der Waals surface area (Å²) in [7, 11) is 0. The molecule has 3 aromatic rings. The van der Waals surface area contributed by atoms with Gasteiger partial charge in [0.05, 0.1) is 11.9 Å². The lowest BCUT2D eigenvalue weighted by molar-refractivity contribution is 0.154. The van der Waals surface area contributed by atoms with Crippen LogP contribution in [-0.4, -0.2) is 43.1 Å². The van der Waals surface area contributed by atoms with E-state index in [0.717, 1.165) is 44.5 Å². The third-order valence-electron chi connectivity index (χ3n) is 5.02. The molecule has 1 aliphatic heterocycles. The first-order valence-electron chi connectivity index (χ1n) is 9.46. The smallest absolute Gasteiger partial charge is 0.321 e. The highest BCUT2D eigenvalue weighted by Crippen LogP contribution is 2.22. The highest BCUT2D eigenvalue weighted by molar-refractivity contribution is 5.89. The van der Waals surface area contributed by atoms with E-state index in [1.165, 1.54) is 0 Å². The summed E-state index contributed by atoms with van der Waals surface area (Å²) < 4.78 is 3.68. The zero-order chi connectivity index (χ0) is 18.5. The molecule has 3 heterocycles. The number of hydrogen-bond acceptors (Lipinski definition) is 3. The van der Waals surface area contributed by atoms with Crippen molar-refractivity contribution in [2.75, 3.05) is 11.9 Å². The number of aryl methyl sites for hydroxylation is 1. The maximum absolute atomic E-state index is 13.0. The van der Waals surface area contributed by atoms with E-state index in [1.54, 1.807) is 17.1 Å². The molecule has 0 bridgehead atoms. The summed E-state index contributed by atoms with van der Waals surface area (Å²) in [4.78, 5) is 14.9. The first-order valence-corrected chi connectivity index (χ1v) is 9.46. The second-order valence-corrected chi connectivity index (χ2v) is 6.79. The van der Waals surface area contributed by atoms with Crippen molar-refractivity contribution >= 4 is 11.8 Å². The van der Waals surface area contributed by atoms with Crippen LogP contribution in [0.3, 0.4) is 0 Å². The summed E-state index contributed by atoms with van der Waals surface area (Å²) in [6.45, 7) is 1.61. The number of hydrogen-bond donors (Lipinski definition) is 1. The topological polar surface area (TPSA) is 68.0 Å². The Kier molecular flexibility index (Phi) is 5.18. The molecule has 2 aromatic heterocycles. The van der Waals surface area contributed by atoms with E-state index in [4.69, 9.17) is 0 Å². The Balaban J connectivity index is 1.44. The number of nitrogens with zero attached hydrogens (tertiary/aromatic N) is 5. The van der Waals surface area contributed by atoms with Crippen LogP contribution in [0.1, 0.15) is 25.7 Å². The Morgan fingerprint density at radius 1 is 1.07 bits per heavy atom. The quantitative estimate of drug-likeness (QED) is 0.753. The van der Waals surface area contributed by atoms with Gasteiger partial charge < -0.3 is 4.90 Å². The molecule has 0 saturated carbocycles. The number of carbonyl (C=O) groups is 1. The normalized spacial score (nSPS) is 17.0. The first-order chi connectivity index (χ1) is 13.3. The van der Waals surface area contributed by atoms with Gasteiger partial charge in [-0.1, -0.05) is 18.2 Å². The predicted molar refractivity (Wildman–Crippen MR) is 104 cm³/mol. The molecule has 0 radical (unpaired) electrons. The van der Waals surface area contributed by atoms with Crippen LogP contribution >= 0.6 is 0 Å². The van der Waals surface area contributed by atoms with Crippen molar-refractivity contribution in [3.05, 3.63) is 61.1 Å². The number of piperidine rings is 1. The molecule has 1 fully saturated rings. The number of para-hydroxylation sites is 1. The number of aromatic nitrogens is 4. The number of rotatable bonds is 5. The number of urea groups is 1. The average Bonchev–Trinajstić information content (AvgIpc) is 3.39. The van der Waals surface area contributed by atoms with Crippen molar-refractivity contribution in [2.24, 2.45) is 0 Å². The van der Waals surface area contributed by atoms with Crippen molar-refractivity contribution in [3.63, 3.8) is 0 Å². The lowest BCUT2D eigenvalue weighted by Gasteiger charge is -2.35. The number of benzene rings is 1. The van der Waals surface area contributed by atoms with Gasteiger partial charge in [0.25, 0.3) is 0 Å². The van der Waals surface area contributed by atoms with E-state index in [2.05, 4.69) is 15.5 Å². The Morgan fingerprint density at radius 2 is 1.96 bits per heavy atom. The van der Waals surface area contributed by atoms with Crippen molar-refractivity contribution in [1.29, 1.82) is 0 Å². The van der Waals surface area contributed by atoms with E-state index in [9.17, 15) is 4.79 Å². The molecule has 7 nitrogen and oxygen atoms in total. The summed E-state index contributed by atoms with van der Waals surface area (Å²) in [6, 6.07) is 13.7. The van der Waals surface area contributed by atoms with Gasteiger partial charge in [-0.3, -0.25) is 10.00 Å². The zero-order valence-corrected chi connectivity index (χ0v) is 15.2. The van der Waals surface area contributed by atoms with Gasteiger partial charge in [0, 0.05) is 37.6 Å². The number of amides is 2. The van der Waals surface area contributed by atoms with Crippen LogP contribution in [0.2, 0.25) is 0 Å². The van der Waals surface area contributed by atoms with Gasteiger partial charge >= 0.3 is 6.03 Å². The van der Waals surface area contributed by atoms with Gasteiger partial charge in [-0.2, -0.15) is 10.2 Å². The monoisotopic (exact) mass is 364 g/mol. The summed E-state index contributed by atoms with van der Waals surface area (Å²) in [5.41, 5.74) is 0.923. The standard InChI is InChI=1S/C20H24N6O/c27-20(23-19-10-13-22-26(19)18-8-2-1-3-9-18)25-15-5-4-7-17(25)11-16-24-14-6-12-21-24/h1-3,6,8-10,12-14,17H,4-5,7,11,15-16H2,(H,23,27)/t17-/m0/s1. The molecule has 4 rings (SSSR count). The summed E-state index contributed by atoms with van der Waals surface area (Å²) in [5, 5.41) is 11.7. The minimum absolute atomic E-state index is 0.0575. The van der Waals surface area contributed by atoms with Gasteiger partial charge in [-0.05, 0) is 43.9 Å². The van der Waals surface area contributed by atoms with E-state index in [1.807, 2.05) is 58.2 Å². The Labute approximate surface area is 158 Å². The largest absolute Gasteiger partial charge is 0.323 e. The summed E-state index contributed by atoms with van der Waals surface area (Å²) in [6.07, 6.45) is 9.61. The number of likely N-dealkylation sites (tertiary alicyclic amines) is 1. The Morgan fingerprint density at radius 3 is 2.78 bits per heavy atom. The van der Waals surface area contributed by atoms with Crippen LogP contribution in [0.4, 0.5) is 10.6 Å². The van der Waals surface area contributed by atoms with Crippen molar-refractivity contribution in [3.8, 4) is 5.69 Å². The zero-order valence-electron chi connectivity index (χ0n) is 15.2. The van der Waals surface area contributed by atoms with E-state index in [-0.39, 0.29) is 12.1 Å². The van der Waals surface area contributed by atoms with Crippen LogP contribution < -0.4 is 5.32 Å². The van der Waals surface area contributed by atoms with Crippen molar-refractivity contribution in [1.82, 2.24) is 24.5 Å². The second kappa shape index (κ2) is 8.07. The molecule has 1 aromatic carbocycles. The Bertz CT molecular complexity index is 858. The lowest BCUT2D eigenvalue weighted by atomic mass is 10.00. The Hall–Kier alpha value is -3.09. The van der Waals surface area contributed by atoms with Crippen LogP contribution in [-0.2, 0) is 6.54 Å². The van der Waals surface area contributed by atoms with Crippen LogP contribution in [0.5, 0.6) is 0 Å². The number of carbonyl (C=O) groups excluding carboxylic acids is 1. The third kappa shape index (κ3) is 4.02. The molecule has 0 spiro atoms. The lowest BCUT2D eigenvalue weighted by Crippen LogP contribution is -2.46. The second-order valence-electron chi connectivity index (χ2n) is 6.79. The van der Waals surface area contributed by atoms with E-state index >= 15 is 0 Å². The van der Waals surface area contributed by atoms with E-state index in [0.29, 0.717) is 5.82 Å². The molecule has 0 unspecified atom stereocenters. The fraction of sp³-hybridized carbons (Fsp3) is 0.350. The number of nitrogens with one attached hydrogen (secondary N) is 1. The average molecular weight is 364 g/mol. The highest BCUT2D eigenvalue weighted by Gasteiger charge is 2.27. The first kappa shape index (κ1) is 17.3. The SMILES string of the molecule is O=C(Nc1ccnn1-c1ccccc1)N1CCCC[C@H]1CCn1cccn1. The van der Waals surface area contributed by atoms with Crippen LogP contribution in [0.15, 0.2) is 61.1 Å². The molecule has 1 atom stereocenters. The molecular formula is C20H24N6O. The molecule has 1 N–H and O–H groups in total. The summed E-state index contributed by atoms with van der Waals surface area (Å²) >= 11 is 0. The maximum Gasteiger partial charge on any atom is 0.323 e. The minimum Gasteiger partial charge on any atom is -0.321 e. The highest BCUT2D eigenvalue weighted by atomic mass is 16.2. The molecule has 7 heteroatoms. The van der Waals surface area contributed by atoms with Gasteiger partial charge in [0.2, 0.25) is 0 Å². The molecule has 1 aliphatic rings. The molecule has 27 heavy (non-hydrogen) atoms. The maximum atomic E-state index is 13.0. The molecule has 1 saturated heterocycles. The fourth-order valence-electron chi connectivity index (χ4n) is 3.64. The molecule has 140 valence electrons. The fourth-order valence-corrected chi connectivity index (χ4v) is 3.64. The minimum atomic E-state index is -0.0575. The van der Waals surface area contributed by atoms with Crippen LogP contribution in [0, 0.1) is 0 Å². The summed E-state index contributed by atoms with van der Waals surface area (Å²) in [5.74, 6) is 0.683. The molecule has 2 amide bonds. The van der Waals surface area contributed by atoms with Crippen molar-refractivity contribution < 1.29 is 4.79 Å². The van der Waals surface area contributed by atoms with Gasteiger partial charge in [-0.15, -0.1) is 0 Å². The number of anilines is 1. The molecular weight excluding hydrogens is 340 g/mol. The van der Waals surface area contributed by atoms with Gasteiger partial charge in [-0.25, -0.2) is 9.48 Å². The van der Waals surface area contributed by atoms with E-state index < -0.39 is 0 Å². The van der Waals surface area contributed by atoms with Crippen molar-refractivity contribution in [2.45, 2.75) is 38.3 Å². The van der Waals surface area contributed by atoms with Crippen LogP contribution in [0.25, 0.3) is 5.69 Å². The third-order valence-corrected chi connectivity index (χ3v) is 5.02. The van der Waals surface area contributed by atoms with Gasteiger partial charge in [0.1, 0.15) is 5.82 Å². The van der Waals surface area contributed by atoms with Gasteiger partial charge in [0.15, 0.2) is 0 Å². The predicted octanol–water partition coefficient (Wildman–Crippen LogP) is 3.55.